The number of hydrogen-bond donors (Lipinski definition) is 2. The van der Waals surface area contributed by atoms with Crippen molar-refractivity contribution in [2.45, 2.75) is 31.6 Å². The molecule has 1 aliphatic rings. The van der Waals surface area contributed by atoms with Gasteiger partial charge in [-0.2, -0.15) is 0 Å². The summed E-state index contributed by atoms with van der Waals surface area (Å²) in [5.41, 5.74) is 0. The SMILES string of the molecule is COCC(C)OCC(O)CN(C)C1CCNC1. The molecule has 1 heterocycles. The van der Waals surface area contributed by atoms with Crippen LogP contribution in [0.3, 0.4) is 0 Å². The van der Waals surface area contributed by atoms with Gasteiger partial charge in [-0.3, -0.25) is 4.90 Å². The fourth-order valence-corrected chi connectivity index (χ4v) is 2.11. The van der Waals surface area contributed by atoms with Gasteiger partial charge >= 0.3 is 0 Å². The highest BCUT2D eigenvalue weighted by atomic mass is 16.5. The van der Waals surface area contributed by atoms with Crippen molar-refractivity contribution in [1.82, 2.24) is 10.2 Å². The minimum absolute atomic E-state index is 0.0353. The summed E-state index contributed by atoms with van der Waals surface area (Å²) in [7, 11) is 3.70. The Hall–Kier alpha value is -0.200. The molecule has 2 N–H and O–H groups in total. The molecule has 1 rings (SSSR count). The maximum absolute atomic E-state index is 9.87. The van der Waals surface area contributed by atoms with Gasteiger partial charge in [0, 0.05) is 26.2 Å². The van der Waals surface area contributed by atoms with Crippen LogP contribution >= 0.6 is 0 Å². The standard InChI is InChI=1S/C12H26N2O3/c1-10(8-16-3)17-9-12(15)7-14(2)11-4-5-13-6-11/h10-13,15H,4-9H2,1-3H3. The number of nitrogens with zero attached hydrogens (tertiary/aromatic N) is 1. The zero-order valence-electron chi connectivity index (χ0n) is 11.2. The molecule has 0 spiro atoms. The number of ether oxygens (including phenoxy) is 2. The summed E-state index contributed by atoms with van der Waals surface area (Å²) in [6.07, 6.45) is 0.762. The Balaban J connectivity index is 2.12. The average molecular weight is 246 g/mol. The Labute approximate surface area is 104 Å². The van der Waals surface area contributed by atoms with Gasteiger partial charge in [-0.25, -0.2) is 0 Å². The van der Waals surface area contributed by atoms with Crippen molar-refractivity contribution in [3.8, 4) is 0 Å². The number of aliphatic hydroxyl groups is 1. The third kappa shape index (κ3) is 5.79. The Morgan fingerprint density at radius 2 is 2.24 bits per heavy atom. The van der Waals surface area contributed by atoms with Gasteiger partial charge in [0.05, 0.1) is 25.4 Å². The Morgan fingerprint density at radius 1 is 1.47 bits per heavy atom. The van der Waals surface area contributed by atoms with E-state index in [1.54, 1.807) is 7.11 Å². The lowest BCUT2D eigenvalue weighted by Crippen LogP contribution is -2.40. The van der Waals surface area contributed by atoms with Crippen molar-refractivity contribution in [3.63, 3.8) is 0 Å². The molecule has 17 heavy (non-hydrogen) atoms. The minimum Gasteiger partial charge on any atom is -0.389 e. The predicted molar refractivity (Wildman–Crippen MR) is 67.2 cm³/mol. The summed E-state index contributed by atoms with van der Waals surface area (Å²) in [4.78, 5) is 2.20. The second-order valence-electron chi connectivity index (χ2n) is 4.84. The molecular weight excluding hydrogens is 220 g/mol. The number of aliphatic hydroxyl groups excluding tert-OH is 1. The van der Waals surface area contributed by atoms with Crippen molar-refractivity contribution in [2.75, 3.05) is 47.0 Å². The van der Waals surface area contributed by atoms with E-state index in [1.165, 1.54) is 0 Å². The van der Waals surface area contributed by atoms with Crippen molar-refractivity contribution in [3.05, 3.63) is 0 Å². The van der Waals surface area contributed by atoms with Crippen LogP contribution in [0, 0.1) is 0 Å². The van der Waals surface area contributed by atoms with Gasteiger partial charge in [0.25, 0.3) is 0 Å². The normalized spacial score (nSPS) is 24.2. The fourth-order valence-electron chi connectivity index (χ4n) is 2.11. The van der Waals surface area contributed by atoms with Crippen LogP contribution in [0.15, 0.2) is 0 Å². The van der Waals surface area contributed by atoms with Gasteiger partial charge in [-0.05, 0) is 26.9 Å². The molecule has 5 nitrogen and oxygen atoms in total. The summed E-state index contributed by atoms with van der Waals surface area (Å²) in [6.45, 7) is 5.63. The van der Waals surface area contributed by atoms with Crippen LogP contribution in [0.1, 0.15) is 13.3 Å². The van der Waals surface area contributed by atoms with E-state index in [1.807, 2.05) is 6.92 Å². The van der Waals surface area contributed by atoms with E-state index in [0.29, 0.717) is 25.8 Å². The highest BCUT2D eigenvalue weighted by Gasteiger charge is 2.21. The third-order valence-electron chi connectivity index (χ3n) is 3.13. The maximum atomic E-state index is 9.87. The summed E-state index contributed by atoms with van der Waals surface area (Å²) in [5.74, 6) is 0. The number of hydrogen-bond acceptors (Lipinski definition) is 5. The quantitative estimate of drug-likeness (QED) is 0.615. The monoisotopic (exact) mass is 246 g/mol. The van der Waals surface area contributed by atoms with Crippen LogP contribution < -0.4 is 5.32 Å². The van der Waals surface area contributed by atoms with Crippen LogP contribution in [0.2, 0.25) is 0 Å². The molecule has 0 aromatic rings. The van der Waals surface area contributed by atoms with Crippen LogP contribution in [0.5, 0.6) is 0 Å². The molecule has 1 aliphatic heterocycles. The summed E-state index contributed by atoms with van der Waals surface area (Å²) in [5, 5.41) is 13.2. The molecule has 0 radical (unpaired) electrons. The first-order valence-corrected chi connectivity index (χ1v) is 6.33. The predicted octanol–water partition coefficient (Wildman–Crippen LogP) is -0.307. The highest BCUT2D eigenvalue weighted by Crippen LogP contribution is 2.07. The first-order valence-electron chi connectivity index (χ1n) is 6.33. The van der Waals surface area contributed by atoms with E-state index in [0.717, 1.165) is 19.5 Å². The van der Waals surface area contributed by atoms with Crippen molar-refractivity contribution >= 4 is 0 Å². The molecular formula is C12H26N2O3. The van der Waals surface area contributed by atoms with E-state index in [4.69, 9.17) is 9.47 Å². The largest absolute Gasteiger partial charge is 0.389 e. The fraction of sp³-hybridized carbons (Fsp3) is 1.00. The molecule has 1 saturated heterocycles. The van der Waals surface area contributed by atoms with Gasteiger partial charge in [0.2, 0.25) is 0 Å². The van der Waals surface area contributed by atoms with Crippen LogP contribution in [0.4, 0.5) is 0 Å². The molecule has 0 aromatic carbocycles. The van der Waals surface area contributed by atoms with Crippen molar-refractivity contribution < 1.29 is 14.6 Å². The first-order chi connectivity index (χ1) is 8.13. The van der Waals surface area contributed by atoms with E-state index in [-0.39, 0.29) is 6.10 Å². The Kier molecular flexibility index (Phi) is 6.99. The van der Waals surface area contributed by atoms with Crippen molar-refractivity contribution in [2.24, 2.45) is 0 Å². The molecule has 0 amide bonds. The van der Waals surface area contributed by atoms with E-state index >= 15 is 0 Å². The lowest BCUT2D eigenvalue weighted by molar-refractivity contribution is -0.0401. The van der Waals surface area contributed by atoms with Gasteiger partial charge < -0.3 is 19.9 Å². The van der Waals surface area contributed by atoms with Gasteiger partial charge in [-0.1, -0.05) is 0 Å². The lowest BCUT2D eigenvalue weighted by Gasteiger charge is -2.26. The van der Waals surface area contributed by atoms with Crippen LogP contribution in [0.25, 0.3) is 0 Å². The Bertz CT molecular complexity index is 198. The highest BCUT2D eigenvalue weighted by molar-refractivity contribution is 4.79. The van der Waals surface area contributed by atoms with Crippen molar-refractivity contribution in [1.29, 1.82) is 0 Å². The third-order valence-corrected chi connectivity index (χ3v) is 3.13. The number of rotatable bonds is 8. The van der Waals surface area contributed by atoms with Gasteiger partial charge in [0.1, 0.15) is 0 Å². The van der Waals surface area contributed by atoms with Crippen LogP contribution in [-0.2, 0) is 9.47 Å². The second-order valence-corrected chi connectivity index (χ2v) is 4.84. The lowest BCUT2D eigenvalue weighted by atomic mass is 10.2. The summed E-state index contributed by atoms with van der Waals surface area (Å²) < 4.78 is 10.5. The van der Waals surface area contributed by atoms with E-state index in [9.17, 15) is 5.11 Å². The van der Waals surface area contributed by atoms with Gasteiger partial charge in [-0.15, -0.1) is 0 Å². The molecule has 0 aliphatic carbocycles. The van der Waals surface area contributed by atoms with Crippen LogP contribution in [-0.4, -0.2) is 75.3 Å². The molecule has 1 fully saturated rings. The molecule has 3 atom stereocenters. The summed E-state index contributed by atoms with van der Waals surface area (Å²) in [6, 6.07) is 0.543. The van der Waals surface area contributed by atoms with E-state index < -0.39 is 6.10 Å². The topological polar surface area (TPSA) is 54.0 Å². The molecule has 102 valence electrons. The molecule has 5 heteroatoms. The van der Waals surface area contributed by atoms with E-state index in [2.05, 4.69) is 17.3 Å². The number of likely N-dealkylation sites (N-methyl/N-ethyl adjacent to an activating group) is 1. The molecule has 0 aromatic heterocycles. The molecule has 0 saturated carbocycles. The number of methoxy groups -OCH3 is 1. The average Bonchev–Trinajstić information content (AvgIpc) is 2.80. The first kappa shape index (κ1) is 14.9. The number of nitrogens with one attached hydrogen (secondary N) is 1. The zero-order valence-corrected chi connectivity index (χ0v) is 11.2. The molecule has 3 unspecified atom stereocenters. The smallest absolute Gasteiger partial charge is 0.0900 e. The molecule has 0 bridgehead atoms. The second kappa shape index (κ2) is 8.00. The Morgan fingerprint density at radius 3 is 2.82 bits per heavy atom. The van der Waals surface area contributed by atoms with Gasteiger partial charge in [0.15, 0.2) is 0 Å². The maximum Gasteiger partial charge on any atom is 0.0900 e. The summed E-state index contributed by atoms with van der Waals surface area (Å²) >= 11 is 0. The zero-order chi connectivity index (χ0) is 12.7. The minimum atomic E-state index is -0.431.